The third-order valence-corrected chi connectivity index (χ3v) is 5.18. The van der Waals surface area contributed by atoms with Crippen molar-refractivity contribution in [1.29, 1.82) is 0 Å². The highest BCUT2D eigenvalue weighted by atomic mass is 35.5. The standard InChI is InChI=1S/C21H21ClN4O2S/c1-15-14-18(29-20-23-10-3-11-24-20)8-9-19(15)25-21(27)26(2)12-13-28-17-6-4-16(22)5-7-17/h3-11,14H,12-13H2,1-2H3,(H,25,27). The van der Waals surface area contributed by atoms with Gasteiger partial charge in [0.1, 0.15) is 12.4 Å². The number of aryl methyl sites for hydroxylation is 1. The second-order valence-corrected chi connectivity index (χ2v) is 7.74. The van der Waals surface area contributed by atoms with E-state index >= 15 is 0 Å². The lowest BCUT2D eigenvalue weighted by Gasteiger charge is -2.19. The molecule has 0 aliphatic heterocycles. The van der Waals surface area contributed by atoms with E-state index in [0.717, 1.165) is 21.9 Å². The Kier molecular flexibility index (Phi) is 7.32. The lowest BCUT2D eigenvalue weighted by molar-refractivity contribution is 0.207. The second-order valence-electron chi connectivity index (χ2n) is 6.26. The highest BCUT2D eigenvalue weighted by Gasteiger charge is 2.11. The summed E-state index contributed by atoms with van der Waals surface area (Å²) in [5.74, 6) is 0.717. The molecule has 0 atom stereocenters. The Hall–Kier alpha value is -2.77. The van der Waals surface area contributed by atoms with E-state index < -0.39 is 0 Å². The lowest BCUT2D eigenvalue weighted by atomic mass is 10.2. The normalized spacial score (nSPS) is 10.4. The summed E-state index contributed by atoms with van der Waals surface area (Å²) >= 11 is 7.33. The number of hydrogen-bond acceptors (Lipinski definition) is 5. The number of amides is 2. The van der Waals surface area contributed by atoms with Crippen LogP contribution in [0.15, 0.2) is 71.0 Å². The van der Waals surface area contributed by atoms with E-state index in [9.17, 15) is 4.79 Å². The molecule has 2 amide bonds. The molecule has 3 aromatic rings. The van der Waals surface area contributed by atoms with Crippen LogP contribution in [-0.4, -0.2) is 41.1 Å². The SMILES string of the molecule is Cc1cc(Sc2ncccn2)ccc1NC(=O)N(C)CCOc1ccc(Cl)cc1. The van der Waals surface area contributed by atoms with Gasteiger partial charge in [0, 0.05) is 35.0 Å². The summed E-state index contributed by atoms with van der Waals surface area (Å²) in [4.78, 5) is 23.5. The summed E-state index contributed by atoms with van der Waals surface area (Å²) in [5.41, 5.74) is 1.73. The monoisotopic (exact) mass is 428 g/mol. The minimum Gasteiger partial charge on any atom is -0.492 e. The van der Waals surface area contributed by atoms with E-state index in [2.05, 4.69) is 15.3 Å². The van der Waals surface area contributed by atoms with E-state index in [1.807, 2.05) is 25.1 Å². The Morgan fingerprint density at radius 2 is 1.90 bits per heavy atom. The third-order valence-electron chi connectivity index (χ3n) is 4.05. The van der Waals surface area contributed by atoms with Crippen LogP contribution in [0.3, 0.4) is 0 Å². The van der Waals surface area contributed by atoms with Crippen molar-refractivity contribution in [2.75, 3.05) is 25.5 Å². The number of rotatable bonds is 7. The smallest absolute Gasteiger partial charge is 0.321 e. The molecule has 0 spiro atoms. The van der Waals surface area contributed by atoms with Crippen LogP contribution in [0.5, 0.6) is 5.75 Å². The van der Waals surface area contributed by atoms with E-state index in [0.29, 0.717) is 23.3 Å². The molecular weight excluding hydrogens is 408 g/mol. The molecule has 0 fully saturated rings. The van der Waals surface area contributed by atoms with Gasteiger partial charge in [-0.2, -0.15) is 0 Å². The fourth-order valence-electron chi connectivity index (χ4n) is 2.43. The van der Waals surface area contributed by atoms with Gasteiger partial charge in [0.15, 0.2) is 5.16 Å². The zero-order chi connectivity index (χ0) is 20.6. The summed E-state index contributed by atoms with van der Waals surface area (Å²) < 4.78 is 5.63. The van der Waals surface area contributed by atoms with Crippen LogP contribution in [0.4, 0.5) is 10.5 Å². The van der Waals surface area contributed by atoms with Crippen molar-refractivity contribution in [3.63, 3.8) is 0 Å². The van der Waals surface area contributed by atoms with Gasteiger partial charge in [0.2, 0.25) is 0 Å². The quantitative estimate of drug-likeness (QED) is 0.528. The molecule has 8 heteroatoms. The molecule has 3 rings (SSSR count). The summed E-state index contributed by atoms with van der Waals surface area (Å²) in [6, 6.07) is 14.5. The van der Waals surface area contributed by atoms with E-state index in [-0.39, 0.29) is 6.03 Å². The van der Waals surface area contributed by atoms with Crippen LogP contribution in [-0.2, 0) is 0 Å². The van der Waals surface area contributed by atoms with Gasteiger partial charge in [-0.1, -0.05) is 11.6 Å². The van der Waals surface area contributed by atoms with Gasteiger partial charge in [-0.25, -0.2) is 14.8 Å². The molecular formula is C21H21ClN4O2S. The zero-order valence-corrected chi connectivity index (χ0v) is 17.7. The number of benzene rings is 2. The van der Waals surface area contributed by atoms with Crippen LogP contribution in [0, 0.1) is 6.92 Å². The van der Waals surface area contributed by atoms with Gasteiger partial charge >= 0.3 is 6.03 Å². The fraction of sp³-hybridized carbons (Fsp3) is 0.190. The molecule has 6 nitrogen and oxygen atoms in total. The molecule has 2 aromatic carbocycles. The highest BCUT2D eigenvalue weighted by Crippen LogP contribution is 2.28. The van der Waals surface area contributed by atoms with Crippen molar-refractivity contribution in [3.05, 3.63) is 71.5 Å². The molecule has 0 aliphatic carbocycles. The zero-order valence-electron chi connectivity index (χ0n) is 16.1. The topological polar surface area (TPSA) is 67.4 Å². The number of nitrogens with zero attached hydrogens (tertiary/aromatic N) is 3. The highest BCUT2D eigenvalue weighted by molar-refractivity contribution is 7.99. The summed E-state index contributed by atoms with van der Waals surface area (Å²) in [5, 5.41) is 4.27. The number of likely N-dealkylation sites (N-methyl/N-ethyl adjacent to an activating group) is 1. The number of urea groups is 1. The second kappa shape index (κ2) is 10.1. The first kappa shape index (κ1) is 21.0. The largest absolute Gasteiger partial charge is 0.492 e. The van der Waals surface area contributed by atoms with Gasteiger partial charge in [0.05, 0.1) is 6.54 Å². The van der Waals surface area contributed by atoms with Crippen LogP contribution >= 0.6 is 23.4 Å². The molecule has 0 bridgehead atoms. The van der Waals surface area contributed by atoms with Gasteiger partial charge in [-0.05, 0) is 72.8 Å². The first-order chi connectivity index (χ1) is 14.0. The van der Waals surface area contributed by atoms with Gasteiger partial charge in [-0.3, -0.25) is 0 Å². The van der Waals surface area contributed by atoms with Crippen molar-refractivity contribution < 1.29 is 9.53 Å². The molecule has 0 saturated carbocycles. The average molecular weight is 429 g/mol. The Balaban J connectivity index is 1.50. The number of halogens is 1. The van der Waals surface area contributed by atoms with Crippen LogP contribution in [0.1, 0.15) is 5.56 Å². The lowest BCUT2D eigenvalue weighted by Crippen LogP contribution is -2.34. The molecule has 150 valence electrons. The van der Waals surface area contributed by atoms with Crippen molar-refractivity contribution >= 4 is 35.1 Å². The maximum Gasteiger partial charge on any atom is 0.321 e. The third kappa shape index (κ3) is 6.37. The number of nitrogens with one attached hydrogen (secondary N) is 1. The molecule has 0 aliphatic rings. The number of carbonyl (C=O) groups is 1. The van der Waals surface area contributed by atoms with Gasteiger partial charge in [0.25, 0.3) is 0 Å². The van der Waals surface area contributed by atoms with Gasteiger partial charge < -0.3 is 15.0 Å². The number of carbonyl (C=O) groups excluding carboxylic acids is 1. The fourth-order valence-corrected chi connectivity index (χ4v) is 3.36. The summed E-state index contributed by atoms with van der Waals surface area (Å²) in [7, 11) is 1.73. The minimum absolute atomic E-state index is 0.195. The molecule has 1 N–H and O–H groups in total. The maximum atomic E-state index is 12.4. The van der Waals surface area contributed by atoms with Crippen LogP contribution < -0.4 is 10.1 Å². The molecule has 1 heterocycles. The predicted molar refractivity (Wildman–Crippen MR) is 116 cm³/mol. The molecule has 0 unspecified atom stereocenters. The van der Waals surface area contributed by atoms with Crippen LogP contribution in [0.2, 0.25) is 5.02 Å². The first-order valence-corrected chi connectivity index (χ1v) is 10.2. The Labute approximate surface area is 179 Å². The van der Waals surface area contributed by atoms with E-state index in [1.165, 1.54) is 11.8 Å². The number of aromatic nitrogens is 2. The maximum absolute atomic E-state index is 12.4. The van der Waals surface area contributed by atoms with Crippen molar-refractivity contribution in [2.24, 2.45) is 0 Å². The number of hydrogen-bond donors (Lipinski definition) is 1. The number of anilines is 1. The van der Waals surface area contributed by atoms with Crippen LogP contribution in [0.25, 0.3) is 0 Å². The number of ether oxygens (including phenoxy) is 1. The van der Waals surface area contributed by atoms with Crippen molar-refractivity contribution in [1.82, 2.24) is 14.9 Å². The van der Waals surface area contributed by atoms with Crippen molar-refractivity contribution in [3.8, 4) is 5.75 Å². The molecule has 1 aromatic heterocycles. The Bertz CT molecular complexity index is 955. The molecule has 0 radical (unpaired) electrons. The Morgan fingerprint density at radius 3 is 2.59 bits per heavy atom. The molecule has 0 saturated heterocycles. The van der Waals surface area contributed by atoms with E-state index in [1.54, 1.807) is 54.7 Å². The first-order valence-electron chi connectivity index (χ1n) is 8.97. The van der Waals surface area contributed by atoms with Gasteiger partial charge in [-0.15, -0.1) is 0 Å². The Morgan fingerprint density at radius 1 is 1.17 bits per heavy atom. The minimum atomic E-state index is -0.195. The van der Waals surface area contributed by atoms with E-state index in [4.69, 9.17) is 16.3 Å². The predicted octanol–water partition coefficient (Wildman–Crippen LogP) is 5.13. The summed E-state index contributed by atoms with van der Waals surface area (Å²) in [6.07, 6.45) is 3.42. The average Bonchev–Trinajstić information content (AvgIpc) is 2.72. The molecule has 29 heavy (non-hydrogen) atoms. The summed E-state index contributed by atoms with van der Waals surface area (Å²) in [6.45, 7) is 2.79. The van der Waals surface area contributed by atoms with Crippen molar-refractivity contribution in [2.45, 2.75) is 17.0 Å².